The molecule has 0 saturated heterocycles. The summed E-state index contributed by atoms with van der Waals surface area (Å²) in [6.07, 6.45) is 5.14. The van der Waals surface area contributed by atoms with Crippen molar-refractivity contribution < 1.29 is 22.6 Å². The number of hydrogen-bond acceptors (Lipinski definition) is 2. The van der Waals surface area contributed by atoms with Crippen molar-refractivity contribution in [2.24, 2.45) is 11.8 Å². The quantitative estimate of drug-likeness (QED) is 0.666. The van der Waals surface area contributed by atoms with E-state index in [2.05, 4.69) is 6.92 Å². The molecule has 0 spiro atoms. The molecule has 3 rings (SSSR count). The maximum absolute atomic E-state index is 14.4. The monoisotopic (exact) mass is 354 g/mol. The average Bonchev–Trinajstić information content (AvgIpc) is 2.60. The molecule has 138 valence electrons. The highest BCUT2D eigenvalue weighted by Gasteiger charge is 2.29. The molecule has 0 amide bonds. The van der Waals surface area contributed by atoms with Crippen LogP contribution in [-0.2, 0) is 11.2 Å². The van der Waals surface area contributed by atoms with Crippen molar-refractivity contribution in [1.82, 2.24) is 0 Å². The Kier molecular flexibility index (Phi) is 5.60. The Labute approximate surface area is 147 Å². The molecule has 0 atom stereocenters. The van der Waals surface area contributed by atoms with Crippen molar-refractivity contribution in [3.05, 3.63) is 34.6 Å². The molecule has 1 aromatic rings. The lowest BCUT2D eigenvalue weighted by Gasteiger charge is -2.26. The molecule has 0 heterocycles. The van der Waals surface area contributed by atoms with Crippen LogP contribution in [0, 0.1) is 23.5 Å². The van der Waals surface area contributed by atoms with Crippen molar-refractivity contribution in [3.8, 4) is 5.75 Å². The first-order valence-electron chi connectivity index (χ1n) is 9.16. The molecule has 0 N–H and O–H groups in total. The summed E-state index contributed by atoms with van der Waals surface area (Å²) < 4.78 is 54.0. The fourth-order valence-electron chi connectivity index (χ4n) is 3.70. The van der Waals surface area contributed by atoms with Gasteiger partial charge in [-0.1, -0.05) is 19.8 Å². The van der Waals surface area contributed by atoms with Crippen molar-refractivity contribution in [2.45, 2.75) is 52.4 Å². The van der Waals surface area contributed by atoms with Gasteiger partial charge in [0.15, 0.2) is 17.4 Å². The highest BCUT2D eigenvalue weighted by Crippen LogP contribution is 2.39. The van der Waals surface area contributed by atoms with Crippen LogP contribution in [0.5, 0.6) is 5.75 Å². The van der Waals surface area contributed by atoms with Gasteiger partial charge < -0.3 is 9.47 Å². The first-order valence-corrected chi connectivity index (χ1v) is 9.16. The third-order valence-electron chi connectivity index (χ3n) is 5.27. The number of halogens is 3. The van der Waals surface area contributed by atoms with Crippen LogP contribution in [0.1, 0.15) is 57.1 Å². The summed E-state index contributed by atoms with van der Waals surface area (Å²) >= 11 is 0. The number of ether oxygens (including phenoxy) is 2. The summed E-state index contributed by atoms with van der Waals surface area (Å²) in [4.78, 5) is 0. The molecule has 0 bridgehead atoms. The minimum absolute atomic E-state index is 0.0956. The standard InChI is InChI=1S/C20H25F3O2/c1-3-24-15-9-8-14-10-16(19(22)20(23)17(14)18(15)21)25-11-13-6-4-12(2)5-7-13/h10,12-13H,3-9,11H2,1-2H3. The lowest BCUT2D eigenvalue weighted by Crippen LogP contribution is -2.19. The molecule has 0 aromatic heterocycles. The molecule has 2 aliphatic rings. The minimum Gasteiger partial charge on any atom is -0.495 e. The second kappa shape index (κ2) is 7.71. The molecule has 1 fully saturated rings. The Morgan fingerprint density at radius 2 is 1.72 bits per heavy atom. The molecule has 25 heavy (non-hydrogen) atoms. The zero-order valence-electron chi connectivity index (χ0n) is 14.8. The maximum atomic E-state index is 14.4. The van der Waals surface area contributed by atoms with Crippen LogP contribution in [0.15, 0.2) is 11.8 Å². The first-order chi connectivity index (χ1) is 12.0. The van der Waals surface area contributed by atoms with E-state index in [0.717, 1.165) is 31.6 Å². The Hall–Kier alpha value is -1.65. The second-order valence-corrected chi connectivity index (χ2v) is 7.14. The van der Waals surface area contributed by atoms with Crippen LogP contribution in [0.2, 0.25) is 0 Å². The predicted molar refractivity (Wildman–Crippen MR) is 91.0 cm³/mol. The van der Waals surface area contributed by atoms with Gasteiger partial charge in [0.2, 0.25) is 5.82 Å². The predicted octanol–water partition coefficient (Wildman–Crippen LogP) is 5.79. The summed E-state index contributed by atoms with van der Waals surface area (Å²) in [5.74, 6) is -2.01. The van der Waals surface area contributed by atoms with E-state index in [1.807, 2.05) is 0 Å². The maximum Gasteiger partial charge on any atom is 0.201 e. The first kappa shape index (κ1) is 18.2. The Morgan fingerprint density at radius 3 is 2.40 bits per heavy atom. The van der Waals surface area contributed by atoms with Crippen LogP contribution < -0.4 is 4.74 Å². The van der Waals surface area contributed by atoms with Crippen LogP contribution in [-0.4, -0.2) is 13.2 Å². The SMILES string of the molecule is CCOC1=C(F)c2c(cc(OCC3CCC(C)CC3)c(F)c2F)CC1. The van der Waals surface area contributed by atoms with E-state index in [9.17, 15) is 13.2 Å². The molecule has 2 nitrogen and oxygen atoms in total. The highest BCUT2D eigenvalue weighted by molar-refractivity contribution is 5.68. The smallest absolute Gasteiger partial charge is 0.201 e. The molecule has 2 aliphatic carbocycles. The number of allylic oxidation sites excluding steroid dienone is 1. The van der Waals surface area contributed by atoms with Gasteiger partial charge in [-0.05, 0) is 49.7 Å². The lowest BCUT2D eigenvalue weighted by atomic mass is 9.83. The summed E-state index contributed by atoms with van der Waals surface area (Å²) in [5.41, 5.74) is 0.123. The summed E-state index contributed by atoms with van der Waals surface area (Å²) in [6, 6.07) is 1.45. The summed E-state index contributed by atoms with van der Waals surface area (Å²) in [7, 11) is 0. The second-order valence-electron chi connectivity index (χ2n) is 7.14. The molecule has 0 aliphatic heterocycles. The van der Waals surface area contributed by atoms with Crippen molar-refractivity contribution >= 4 is 5.83 Å². The Morgan fingerprint density at radius 1 is 1.00 bits per heavy atom. The summed E-state index contributed by atoms with van der Waals surface area (Å²) in [5, 5.41) is 0. The molecule has 1 aromatic carbocycles. The number of fused-ring (bicyclic) bond motifs is 1. The van der Waals surface area contributed by atoms with Crippen LogP contribution in [0.3, 0.4) is 0 Å². The molecule has 0 radical (unpaired) electrons. The number of hydrogen-bond donors (Lipinski definition) is 0. The molecule has 1 saturated carbocycles. The van der Waals surface area contributed by atoms with E-state index in [1.54, 1.807) is 6.92 Å². The van der Waals surface area contributed by atoms with E-state index >= 15 is 0 Å². The van der Waals surface area contributed by atoms with Crippen LogP contribution in [0.25, 0.3) is 5.83 Å². The Bertz CT molecular complexity index is 661. The summed E-state index contributed by atoms with van der Waals surface area (Å²) in [6.45, 7) is 4.64. The number of aryl methyl sites for hydroxylation is 1. The van der Waals surface area contributed by atoms with Crippen molar-refractivity contribution in [2.75, 3.05) is 13.2 Å². The fraction of sp³-hybridized carbons (Fsp3) is 0.600. The zero-order chi connectivity index (χ0) is 18.0. The van der Waals surface area contributed by atoms with Crippen LogP contribution >= 0.6 is 0 Å². The van der Waals surface area contributed by atoms with Crippen molar-refractivity contribution in [1.29, 1.82) is 0 Å². The molecular formula is C20H25F3O2. The van der Waals surface area contributed by atoms with Gasteiger partial charge >= 0.3 is 0 Å². The van der Waals surface area contributed by atoms with E-state index in [-0.39, 0.29) is 17.1 Å². The van der Waals surface area contributed by atoms with E-state index in [0.29, 0.717) is 37.5 Å². The highest BCUT2D eigenvalue weighted by atomic mass is 19.2. The minimum atomic E-state index is -1.18. The van der Waals surface area contributed by atoms with Gasteiger partial charge in [0, 0.05) is 6.42 Å². The van der Waals surface area contributed by atoms with Gasteiger partial charge in [-0.15, -0.1) is 0 Å². The third-order valence-corrected chi connectivity index (χ3v) is 5.27. The fourth-order valence-corrected chi connectivity index (χ4v) is 3.70. The van der Waals surface area contributed by atoms with Gasteiger partial charge in [0.1, 0.15) is 5.76 Å². The largest absolute Gasteiger partial charge is 0.495 e. The normalized spacial score (nSPS) is 23.4. The molecule has 0 unspecified atom stereocenters. The number of rotatable bonds is 5. The van der Waals surface area contributed by atoms with Gasteiger partial charge in [0.05, 0.1) is 18.8 Å². The van der Waals surface area contributed by atoms with Gasteiger partial charge in [-0.3, -0.25) is 0 Å². The van der Waals surface area contributed by atoms with E-state index in [4.69, 9.17) is 9.47 Å². The zero-order valence-corrected chi connectivity index (χ0v) is 14.8. The molecular weight excluding hydrogens is 329 g/mol. The average molecular weight is 354 g/mol. The van der Waals surface area contributed by atoms with Gasteiger partial charge in [0.25, 0.3) is 0 Å². The topological polar surface area (TPSA) is 18.5 Å². The van der Waals surface area contributed by atoms with Crippen molar-refractivity contribution in [3.63, 3.8) is 0 Å². The number of benzene rings is 1. The van der Waals surface area contributed by atoms with E-state index < -0.39 is 17.5 Å². The van der Waals surface area contributed by atoms with Gasteiger partial charge in [-0.25, -0.2) is 8.78 Å². The van der Waals surface area contributed by atoms with E-state index in [1.165, 1.54) is 6.07 Å². The van der Waals surface area contributed by atoms with Gasteiger partial charge in [-0.2, -0.15) is 4.39 Å². The Balaban J connectivity index is 1.78. The lowest BCUT2D eigenvalue weighted by molar-refractivity contribution is 0.181. The molecule has 5 heteroatoms. The third kappa shape index (κ3) is 3.80. The van der Waals surface area contributed by atoms with Crippen LogP contribution in [0.4, 0.5) is 13.2 Å².